The molecular formula is C18H26N4O5S. The van der Waals surface area contributed by atoms with Crippen LogP contribution in [0.15, 0.2) is 32.5 Å². The largest absolute Gasteiger partial charge is 0.361 e. The summed E-state index contributed by atoms with van der Waals surface area (Å²) in [4.78, 5) is 26.2. The molecule has 0 saturated heterocycles. The molecule has 0 aromatic carbocycles. The first-order chi connectivity index (χ1) is 13.1. The Bertz CT molecular complexity index is 986. The lowest BCUT2D eigenvalue weighted by Crippen LogP contribution is -2.35. The second-order valence-corrected chi connectivity index (χ2v) is 8.41. The summed E-state index contributed by atoms with van der Waals surface area (Å²) < 4.78 is 32.8. The molecule has 2 rings (SSSR count). The Morgan fingerprint density at radius 1 is 1.21 bits per heavy atom. The van der Waals surface area contributed by atoms with Crippen molar-refractivity contribution < 1.29 is 17.7 Å². The maximum absolute atomic E-state index is 12.7. The van der Waals surface area contributed by atoms with Gasteiger partial charge in [-0.15, -0.1) is 0 Å². The number of likely N-dealkylation sites (N-methyl/N-ethyl adjacent to an activating group) is 1. The second-order valence-electron chi connectivity index (χ2n) is 6.47. The summed E-state index contributed by atoms with van der Waals surface area (Å²) in [5.74, 6) is 0.293. The summed E-state index contributed by atoms with van der Waals surface area (Å²) in [5, 5.41) is 3.86. The molecule has 1 amide bonds. The Morgan fingerprint density at radius 2 is 1.86 bits per heavy atom. The van der Waals surface area contributed by atoms with Gasteiger partial charge >= 0.3 is 0 Å². The monoisotopic (exact) mass is 410 g/mol. The minimum Gasteiger partial charge on any atom is -0.361 e. The summed E-state index contributed by atoms with van der Waals surface area (Å²) in [6.45, 7) is 7.69. The van der Waals surface area contributed by atoms with Crippen LogP contribution in [0.5, 0.6) is 0 Å². The van der Waals surface area contributed by atoms with Crippen molar-refractivity contribution in [2.24, 2.45) is 0 Å². The van der Waals surface area contributed by atoms with Gasteiger partial charge in [-0.1, -0.05) is 19.0 Å². The minimum absolute atomic E-state index is 0.0167. The predicted molar refractivity (Wildman–Crippen MR) is 103 cm³/mol. The zero-order valence-corrected chi connectivity index (χ0v) is 17.6. The van der Waals surface area contributed by atoms with Crippen molar-refractivity contribution in [3.63, 3.8) is 0 Å². The Labute approximate surface area is 164 Å². The highest BCUT2D eigenvalue weighted by Gasteiger charge is 2.23. The fraction of sp³-hybridized carbons (Fsp3) is 0.500. The lowest BCUT2D eigenvalue weighted by Gasteiger charge is -2.20. The van der Waals surface area contributed by atoms with Gasteiger partial charge < -0.3 is 14.0 Å². The van der Waals surface area contributed by atoms with Gasteiger partial charge in [0, 0.05) is 38.0 Å². The summed E-state index contributed by atoms with van der Waals surface area (Å²) >= 11 is 0. The first kappa shape index (κ1) is 21.8. The third-order valence-electron chi connectivity index (χ3n) is 4.61. The van der Waals surface area contributed by atoms with E-state index >= 15 is 0 Å². The number of hydrogen-bond acceptors (Lipinski definition) is 6. The predicted octanol–water partition coefficient (Wildman–Crippen LogP) is 1.14. The third kappa shape index (κ3) is 4.50. The van der Waals surface area contributed by atoms with Crippen LogP contribution in [-0.4, -0.2) is 53.4 Å². The molecule has 2 aromatic rings. The standard InChI is InChI=1S/C18H26N4O5S/c1-6-22(7-2)28(25,26)15-8-9-17(23)21(10-15)12-18(24)20(5)11-16-13(3)19-27-14(16)4/h8-10H,6-7,11-12H2,1-5H3. The molecule has 0 fully saturated rings. The van der Waals surface area contributed by atoms with Crippen LogP contribution < -0.4 is 5.56 Å². The first-order valence-corrected chi connectivity index (χ1v) is 10.4. The zero-order valence-electron chi connectivity index (χ0n) is 16.8. The third-order valence-corrected chi connectivity index (χ3v) is 6.64. The molecule has 0 unspecified atom stereocenters. The average molecular weight is 410 g/mol. The van der Waals surface area contributed by atoms with Crippen molar-refractivity contribution in [3.05, 3.63) is 45.7 Å². The minimum atomic E-state index is -3.72. The number of rotatable bonds is 8. The maximum Gasteiger partial charge on any atom is 0.251 e. The molecule has 2 heterocycles. The van der Waals surface area contributed by atoms with Gasteiger partial charge in [-0.25, -0.2) is 8.42 Å². The van der Waals surface area contributed by atoms with Crippen molar-refractivity contribution in [2.75, 3.05) is 20.1 Å². The Morgan fingerprint density at radius 3 is 2.39 bits per heavy atom. The maximum atomic E-state index is 12.7. The quantitative estimate of drug-likeness (QED) is 0.646. The highest BCUT2D eigenvalue weighted by atomic mass is 32.2. The molecule has 0 spiro atoms. The molecule has 0 aliphatic rings. The van der Waals surface area contributed by atoms with E-state index in [0.717, 1.165) is 16.2 Å². The van der Waals surface area contributed by atoms with Crippen molar-refractivity contribution in [1.82, 2.24) is 18.9 Å². The van der Waals surface area contributed by atoms with E-state index < -0.39 is 15.6 Å². The van der Waals surface area contributed by atoms with Crippen LogP contribution in [0, 0.1) is 13.8 Å². The number of carbonyl (C=O) groups is 1. The highest BCUT2D eigenvalue weighted by molar-refractivity contribution is 7.89. The van der Waals surface area contributed by atoms with Crippen LogP contribution in [-0.2, 0) is 27.9 Å². The number of amides is 1. The summed E-state index contributed by atoms with van der Waals surface area (Å²) in [6.07, 6.45) is 1.22. The normalized spacial score (nSPS) is 11.8. The number of sulfonamides is 1. The molecule has 0 N–H and O–H groups in total. The number of hydrogen-bond donors (Lipinski definition) is 0. The summed E-state index contributed by atoms with van der Waals surface area (Å²) in [7, 11) is -2.11. The fourth-order valence-corrected chi connectivity index (χ4v) is 4.30. The lowest BCUT2D eigenvalue weighted by molar-refractivity contribution is -0.131. The van der Waals surface area contributed by atoms with Gasteiger partial charge in [0.05, 0.1) is 17.1 Å². The molecule has 0 saturated carbocycles. The van der Waals surface area contributed by atoms with E-state index in [4.69, 9.17) is 4.52 Å². The number of aryl methyl sites for hydroxylation is 2. The summed E-state index contributed by atoms with van der Waals surface area (Å²) in [5.41, 5.74) is 1.06. The molecule has 0 radical (unpaired) electrons. The fourth-order valence-electron chi connectivity index (χ4n) is 2.82. The summed E-state index contributed by atoms with van der Waals surface area (Å²) in [6, 6.07) is 2.43. The van der Waals surface area contributed by atoms with E-state index in [2.05, 4.69) is 5.16 Å². The van der Waals surface area contributed by atoms with E-state index in [1.165, 1.54) is 21.5 Å². The first-order valence-electron chi connectivity index (χ1n) is 8.98. The van der Waals surface area contributed by atoms with Crippen LogP contribution >= 0.6 is 0 Å². The Hall–Kier alpha value is -2.46. The van der Waals surface area contributed by atoms with E-state index in [1.54, 1.807) is 34.7 Å². The molecule has 10 heteroatoms. The topological polar surface area (TPSA) is 106 Å². The van der Waals surface area contributed by atoms with E-state index in [0.29, 0.717) is 24.5 Å². The SMILES string of the molecule is CCN(CC)S(=O)(=O)c1ccc(=O)n(CC(=O)N(C)Cc2c(C)noc2C)c1. The van der Waals surface area contributed by atoms with Gasteiger partial charge in [0.25, 0.3) is 5.56 Å². The molecule has 0 bridgehead atoms. The average Bonchev–Trinajstić information content (AvgIpc) is 2.96. The van der Waals surface area contributed by atoms with Crippen LogP contribution in [0.3, 0.4) is 0 Å². The smallest absolute Gasteiger partial charge is 0.251 e. The van der Waals surface area contributed by atoms with Gasteiger partial charge in [-0.2, -0.15) is 4.31 Å². The van der Waals surface area contributed by atoms with Crippen LogP contribution in [0.1, 0.15) is 30.9 Å². The molecule has 28 heavy (non-hydrogen) atoms. The van der Waals surface area contributed by atoms with Gasteiger partial charge in [-0.3, -0.25) is 9.59 Å². The highest BCUT2D eigenvalue weighted by Crippen LogP contribution is 2.15. The lowest BCUT2D eigenvalue weighted by atomic mass is 10.2. The number of aromatic nitrogens is 2. The molecule has 9 nitrogen and oxygen atoms in total. The molecule has 0 aliphatic heterocycles. The Kier molecular flexibility index (Phi) is 6.78. The second kappa shape index (κ2) is 8.70. The van der Waals surface area contributed by atoms with Crippen molar-refractivity contribution in [3.8, 4) is 0 Å². The number of carbonyl (C=O) groups excluding carboxylic acids is 1. The Balaban J connectivity index is 2.24. The van der Waals surface area contributed by atoms with Gasteiger partial charge in [0.15, 0.2) is 0 Å². The van der Waals surface area contributed by atoms with Crippen molar-refractivity contribution in [1.29, 1.82) is 0 Å². The van der Waals surface area contributed by atoms with Crippen molar-refractivity contribution >= 4 is 15.9 Å². The van der Waals surface area contributed by atoms with E-state index in [-0.39, 0.29) is 23.9 Å². The van der Waals surface area contributed by atoms with Crippen LogP contribution in [0.25, 0.3) is 0 Å². The van der Waals surface area contributed by atoms with Crippen molar-refractivity contribution in [2.45, 2.75) is 45.7 Å². The van der Waals surface area contributed by atoms with Gasteiger partial charge in [0.1, 0.15) is 12.3 Å². The van der Waals surface area contributed by atoms with E-state index in [9.17, 15) is 18.0 Å². The van der Waals surface area contributed by atoms with E-state index in [1.807, 2.05) is 0 Å². The van der Waals surface area contributed by atoms with Gasteiger partial charge in [0.2, 0.25) is 15.9 Å². The number of nitrogens with zero attached hydrogens (tertiary/aromatic N) is 4. The molecule has 0 atom stereocenters. The molecule has 0 aliphatic carbocycles. The van der Waals surface area contributed by atoms with Crippen LogP contribution in [0.4, 0.5) is 0 Å². The van der Waals surface area contributed by atoms with Gasteiger partial charge in [-0.05, 0) is 19.9 Å². The molecular weight excluding hydrogens is 384 g/mol. The number of pyridine rings is 1. The van der Waals surface area contributed by atoms with Crippen LogP contribution in [0.2, 0.25) is 0 Å². The molecule has 2 aromatic heterocycles. The molecule has 154 valence electrons. The zero-order chi connectivity index (χ0) is 21.1.